The van der Waals surface area contributed by atoms with E-state index in [9.17, 15) is 13.6 Å². The third-order valence-corrected chi connectivity index (χ3v) is 3.12. The van der Waals surface area contributed by atoms with Gasteiger partial charge < -0.3 is 5.32 Å². The molecule has 0 saturated heterocycles. The number of hydrogen-bond acceptors (Lipinski definition) is 2. The second kappa shape index (κ2) is 5.32. The van der Waals surface area contributed by atoms with Crippen LogP contribution in [0.15, 0.2) is 48.8 Å². The highest BCUT2D eigenvalue weighted by Crippen LogP contribution is 2.12. The van der Waals surface area contributed by atoms with Crippen LogP contribution in [0.1, 0.15) is 15.9 Å². The monoisotopic (exact) mass is 287 g/mol. The molecule has 0 fully saturated rings. The topological polar surface area (TPSA) is 46.4 Å². The standard InChI is InChI=1S/C15H11F2N3O/c16-11-4-5-12(13(17)7-11)15(21)18-8-10-9-19-20-6-2-1-3-14(10)20/h1-7,9H,8H2,(H,18,21). The molecule has 106 valence electrons. The Bertz CT molecular complexity index is 814. The van der Waals surface area contributed by atoms with Gasteiger partial charge in [-0.25, -0.2) is 13.3 Å². The molecule has 2 heterocycles. The van der Waals surface area contributed by atoms with Gasteiger partial charge in [0, 0.05) is 24.4 Å². The van der Waals surface area contributed by atoms with Crippen molar-refractivity contribution >= 4 is 11.4 Å². The fourth-order valence-electron chi connectivity index (χ4n) is 2.07. The quantitative estimate of drug-likeness (QED) is 0.804. The average molecular weight is 287 g/mol. The van der Waals surface area contributed by atoms with Crippen molar-refractivity contribution < 1.29 is 13.6 Å². The molecule has 0 saturated carbocycles. The number of nitrogens with zero attached hydrogens (tertiary/aromatic N) is 2. The fourth-order valence-corrected chi connectivity index (χ4v) is 2.07. The molecular formula is C15H11F2N3O. The lowest BCUT2D eigenvalue weighted by Crippen LogP contribution is -2.23. The van der Waals surface area contributed by atoms with Crippen LogP contribution >= 0.6 is 0 Å². The number of carbonyl (C=O) groups excluding carboxylic acids is 1. The molecule has 1 amide bonds. The van der Waals surface area contributed by atoms with E-state index in [2.05, 4.69) is 10.4 Å². The van der Waals surface area contributed by atoms with Gasteiger partial charge in [-0.05, 0) is 24.3 Å². The van der Waals surface area contributed by atoms with Gasteiger partial charge in [-0.15, -0.1) is 0 Å². The Labute approximate surface area is 119 Å². The first kappa shape index (κ1) is 13.2. The summed E-state index contributed by atoms with van der Waals surface area (Å²) in [5.41, 5.74) is 1.48. The minimum Gasteiger partial charge on any atom is -0.348 e. The first-order valence-electron chi connectivity index (χ1n) is 6.29. The maximum atomic E-state index is 13.5. The predicted octanol–water partition coefficient (Wildman–Crippen LogP) is 2.54. The van der Waals surface area contributed by atoms with Gasteiger partial charge in [-0.1, -0.05) is 6.07 Å². The summed E-state index contributed by atoms with van der Waals surface area (Å²) in [5.74, 6) is -2.19. The highest BCUT2D eigenvalue weighted by molar-refractivity contribution is 5.94. The summed E-state index contributed by atoms with van der Waals surface area (Å²) in [6, 6.07) is 8.43. The van der Waals surface area contributed by atoms with E-state index in [1.54, 1.807) is 16.9 Å². The molecule has 0 bridgehead atoms. The summed E-state index contributed by atoms with van der Waals surface area (Å²) < 4.78 is 28.0. The Morgan fingerprint density at radius 1 is 1.24 bits per heavy atom. The molecule has 2 aromatic heterocycles. The van der Waals surface area contributed by atoms with E-state index >= 15 is 0 Å². The largest absolute Gasteiger partial charge is 0.348 e. The van der Waals surface area contributed by atoms with E-state index in [1.165, 1.54) is 0 Å². The Morgan fingerprint density at radius 2 is 2.10 bits per heavy atom. The minimum atomic E-state index is -0.882. The van der Waals surface area contributed by atoms with Crippen molar-refractivity contribution in [2.24, 2.45) is 0 Å². The lowest BCUT2D eigenvalue weighted by atomic mass is 10.2. The second-order valence-electron chi connectivity index (χ2n) is 4.51. The summed E-state index contributed by atoms with van der Waals surface area (Å²) in [5, 5.41) is 6.74. The van der Waals surface area contributed by atoms with Gasteiger partial charge in [-0.2, -0.15) is 5.10 Å². The van der Waals surface area contributed by atoms with Crippen LogP contribution in [0.5, 0.6) is 0 Å². The fraction of sp³-hybridized carbons (Fsp3) is 0.0667. The molecule has 0 aliphatic carbocycles. The van der Waals surface area contributed by atoms with E-state index in [1.807, 2.05) is 18.2 Å². The van der Waals surface area contributed by atoms with E-state index in [0.717, 1.165) is 23.2 Å². The normalized spacial score (nSPS) is 10.8. The maximum absolute atomic E-state index is 13.5. The molecule has 0 unspecified atom stereocenters. The van der Waals surface area contributed by atoms with Crippen molar-refractivity contribution in [3.8, 4) is 0 Å². The average Bonchev–Trinajstić information content (AvgIpc) is 2.88. The molecule has 0 aliphatic heterocycles. The molecule has 3 aromatic rings. The number of benzene rings is 1. The number of halogens is 2. The summed E-state index contributed by atoms with van der Waals surface area (Å²) >= 11 is 0. The number of aromatic nitrogens is 2. The summed E-state index contributed by atoms with van der Waals surface area (Å²) in [7, 11) is 0. The van der Waals surface area contributed by atoms with E-state index < -0.39 is 17.5 Å². The summed E-state index contributed by atoms with van der Waals surface area (Å²) in [4.78, 5) is 11.9. The van der Waals surface area contributed by atoms with Crippen LogP contribution in [0.25, 0.3) is 5.52 Å². The number of nitrogens with one attached hydrogen (secondary N) is 1. The SMILES string of the molecule is O=C(NCc1cnn2ccccc12)c1ccc(F)cc1F. The van der Waals surface area contributed by atoms with E-state index in [4.69, 9.17) is 0 Å². The van der Waals surface area contributed by atoms with Gasteiger partial charge in [-0.3, -0.25) is 4.79 Å². The van der Waals surface area contributed by atoms with Gasteiger partial charge in [0.15, 0.2) is 0 Å². The molecule has 0 aliphatic rings. The van der Waals surface area contributed by atoms with Crippen molar-refractivity contribution in [2.45, 2.75) is 6.54 Å². The molecule has 0 spiro atoms. The van der Waals surface area contributed by atoms with Crippen LogP contribution in [-0.4, -0.2) is 15.5 Å². The zero-order valence-electron chi connectivity index (χ0n) is 10.9. The Kier molecular flexibility index (Phi) is 3.35. The summed E-state index contributed by atoms with van der Waals surface area (Å²) in [6.07, 6.45) is 3.43. The number of fused-ring (bicyclic) bond motifs is 1. The number of carbonyl (C=O) groups is 1. The Balaban J connectivity index is 1.77. The van der Waals surface area contributed by atoms with Gasteiger partial charge in [0.25, 0.3) is 5.91 Å². The van der Waals surface area contributed by atoms with Crippen LogP contribution in [0, 0.1) is 11.6 Å². The highest BCUT2D eigenvalue weighted by atomic mass is 19.1. The van der Waals surface area contributed by atoms with Crippen molar-refractivity contribution in [1.29, 1.82) is 0 Å². The lowest BCUT2D eigenvalue weighted by Gasteiger charge is -2.05. The molecule has 21 heavy (non-hydrogen) atoms. The van der Waals surface area contributed by atoms with Crippen molar-refractivity contribution in [2.75, 3.05) is 0 Å². The van der Waals surface area contributed by atoms with Crippen LogP contribution in [0.2, 0.25) is 0 Å². The highest BCUT2D eigenvalue weighted by Gasteiger charge is 2.13. The molecule has 3 rings (SSSR count). The van der Waals surface area contributed by atoms with Crippen molar-refractivity contribution in [1.82, 2.24) is 14.9 Å². The first-order valence-corrected chi connectivity index (χ1v) is 6.29. The molecule has 0 radical (unpaired) electrons. The number of rotatable bonds is 3. The molecule has 1 N–H and O–H groups in total. The number of amides is 1. The van der Waals surface area contributed by atoms with Gasteiger partial charge >= 0.3 is 0 Å². The smallest absolute Gasteiger partial charge is 0.254 e. The molecule has 6 heteroatoms. The van der Waals surface area contributed by atoms with E-state index in [-0.39, 0.29) is 12.1 Å². The first-order chi connectivity index (χ1) is 10.1. The van der Waals surface area contributed by atoms with Crippen LogP contribution in [0.3, 0.4) is 0 Å². The zero-order chi connectivity index (χ0) is 14.8. The second-order valence-corrected chi connectivity index (χ2v) is 4.51. The maximum Gasteiger partial charge on any atom is 0.254 e. The Morgan fingerprint density at radius 3 is 2.90 bits per heavy atom. The third-order valence-electron chi connectivity index (χ3n) is 3.12. The molecule has 4 nitrogen and oxygen atoms in total. The number of hydrogen-bond donors (Lipinski definition) is 1. The molecule has 1 aromatic carbocycles. The minimum absolute atomic E-state index is 0.187. The summed E-state index contributed by atoms with van der Waals surface area (Å²) in [6.45, 7) is 0.211. The van der Waals surface area contributed by atoms with Crippen molar-refractivity contribution in [3.63, 3.8) is 0 Å². The van der Waals surface area contributed by atoms with Gasteiger partial charge in [0.05, 0.1) is 17.3 Å². The van der Waals surface area contributed by atoms with Crippen LogP contribution in [0.4, 0.5) is 8.78 Å². The lowest BCUT2D eigenvalue weighted by molar-refractivity contribution is 0.0947. The third kappa shape index (κ3) is 2.60. The van der Waals surface area contributed by atoms with Crippen LogP contribution < -0.4 is 5.32 Å². The van der Waals surface area contributed by atoms with Gasteiger partial charge in [0.1, 0.15) is 11.6 Å². The van der Waals surface area contributed by atoms with Crippen molar-refractivity contribution in [3.05, 3.63) is 71.6 Å². The van der Waals surface area contributed by atoms with Gasteiger partial charge in [0.2, 0.25) is 0 Å². The zero-order valence-corrected chi connectivity index (χ0v) is 10.9. The predicted molar refractivity (Wildman–Crippen MR) is 72.7 cm³/mol. The number of pyridine rings is 1. The van der Waals surface area contributed by atoms with Crippen LogP contribution in [-0.2, 0) is 6.54 Å². The van der Waals surface area contributed by atoms with E-state index in [0.29, 0.717) is 6.07 Å². The molecular weight excluding hydrogens is 276 g/mol. The Hall–Kier alpha value is -2.76. The molecule has 0 atom stereocenters.